The number of benzene rings is 2. The van der Waals surface area contributed by atoms with E-state index < -0.39 is 4.92 Å². The van der Waals surface area contributed by atoms with Crippen molar-refractivity contribution in [3.05, 3.63) is 81.4 Å². The Bertz CT molecular complexity index is 854. The predicted molar refractivity (Wildman–Crippen MR) is 95.1 cm³/mol. The second-order valence-corrected chi connectivity index (χ2v) is 6.41. The molecule has 0 atom stereocenters. The second-order valence-electron chi connectivity index (χ2n) is 4.98. The number of halogens is 1. The zero-order chi connectivity index (χ0) is 16.9. The lowest BCUT2D eigenvalue weighted by Gasteiger charge is -2.03. The molecular weight excluding hydrogens is 346 g/mol. The van der Waals surface area contributed by atoms with E-state index in [9.17, 15) is 10.1 Å². The minimum absolute atomic E-state index is 0.0375. The van der Waals surface area contributed by atoms with Crippen LogP contribution in [0.5, 0.6) is 0 Å². The molecule has 1 heterocycles. The van der Waals surface area contributed by atoms with Crippen molar-refractivity contribution >= 4 is 29.1 Å². The fourth-order valence-corrected chi connectivity index (χ4v) is 2.96. The largest absolute Gasteiger partial charge is 0.270 e. The Labute approximate surface area is 147 Å². The van der Waals surface area contributed by atoms with Gasteiger partial charge in [-0.2, -0.15) is 0 Å². The van der Waals surface area contributed by atoms with E-state index in [-0.39, 0.29) is 5.69 Å². The fraction of sp³-hybridized carbons (Fsp3) is 0.0588. The molecule has 0 saturated heterocycles. The lowest BCUT2D eigenvalue weighted by molar-refractivity contribution is -0.384. The molecule has 3 aromatic rings. The van der Waals surface area contributed by atoms with Crippen molar-refractivity contribution in [2.75, 3.05) is 0 Å². The van der Waals surface area contributed by atoms with Gasteiger partial charge in [0.2, 0.25) is 0 Å². The van der Waals surface area contributed by atoms with E-state index in [1.165, 1.54) is 12.1 Å². The summed E-state index contributed by atoms with van der Waals surface area (Å²) in [6.45, 7) is 0. The first-order valence-corrected chi connectivity index (χ1v) is 8.44. The van der Waals surface area contributed by atoms with Crippen LogP contribution in [0.3, 0.4) is 0 Å². The Balaban J connectivity index is 1.70. The standard InChI is InChI=1S/C17H12ClN3O2S/c18-14-6-4-12(5-7-14)11-24-17-9-8-16(19-20-17)13-2-1-3-15(10-13)21(22)23/h1-10H,11H2. The van der Waals surface area contributed by atoms with Crippen LogP contribution in [0.4, 0.5) is 5.69 Å². The average molecular weight is 358 g/mol. The van der Waals surface area contributed by atoms with Gasteiger partial charge in [-0.25, -0.2) is 0 Å². The van der Waals surface area contributed by atoms with Gasteiger partial charge >= 0.3 is 0 Å². The molecule has 0 amide bonds. The molecule has 5 nitrogen and oxygen atoms in total. The number of hydrogen-bond donors (Lipinski definition) is 0. The normalized spacial score (nSPS) is 10.5. The van der Waals surface area contributed by atoms with Crippen LogP contribution in [0, 0.1) is 10.1 Å². The van der Waals surface area contributed by atoms with E-state index in [0.29, 0.717) is 16.3 Å². The highest BCUT2D eigenvalue weighted by Crippen LogP contribution is 2.25. The van der Waals surface area contributed by atoms with Crippen LogP contribution in [-0.4, -0.2) is 15.1 Å². The highest BCUT2D eigenvalue weighted by Gasteiger charge is 2.08. The summed E-state index contributed by atoms with van der Waals surface area (Å²) >= 11 is 7.43. The maximum absolute atomic E-state index is 10.8. The Morgan fingerprint density at radius 3 is 2.50 bits per heavy atom. The Kier molecular flexibility index (Phi) is 5.08. The number of nitrogens with zero attached hydrogens (tertiary/aromatic N) is 3. The summed E-state index contributed by atoms with van der Waals surface area (Å²) in [7, 11) is 0. The van der Waals surface area contributed by atoms with Crippen molar-refractivity contribution in [2.24, 2.45) is 0 Å². The van der Waals surface area contributed by atoms with Crippen LogP contribution in [0.25, 0.3) is 11.3 Å². The molecule has 1 aromatic heterocycles. The zero-order valence-electron chi connectivity index (χ0n) is 12.4. The number of thioether (sulfide) groups is 1. The van der Waals surface area contributed by atoms with Crippen LogP contribution in [0.1, 0.15) is 5.56 Å². The summed E-state index contributed by atoms with van der Waals surface area (Å²) in [5.74, 6) is 0.766. The van der Waals surface area contributed by atoms with E-state index in [4.69, 9.17) is 11.6 Å². The summed E-state index contributed by atoms with van der Waals surface area (Å²) < 4.78 is 0. The molecule has 120 valence electrons. The number of nitro benzene ring substituents is 1. The molecule has 0 bridgehead atoms. The van der Waals surface area contributed by atoms with Gasteiger partial charge in [0.1, 0.15) is 5.03 Å². The molecule has 3 rings (SSSR count). The Morgan fingerprint density at radius 2 is 1.83 bits per heavy atom. The topological polar surface area (TPSA) is 68.9 Å². The molecule has 0 saturated carbocycles. The molecule has 0 aliphatic carbocycles. The summed E-state index contributed by atoms with van der Waals surface area (Å²) in [5.41, 5.74) is 2.46. The lowest BCUT2D eigenvalue weighted by atomic mass is 10.1. The van der Waals surface area contributed by atoms with Crippen LogP contribution in [0.2, 0.25) is 5.02 Å². The maximum Gasteiger partial charge on any atom is 0.270 e. The zero-order valence-corrected chi connectivity index (χ0v) is 14.0. The third kappa shape index (κ3) is 4.10. The van der Waals surface area contributed by atoms with Gasteiger partial charge in [-0.15, -0.1) is 10.2 Å². The number of aromatic nitrogens is 2. The first kappa shape index (κ1) is 16.4. The van der Waals surface area contributed by atoms with Crippen molar-refractivity contribution in [3.63, 3.8) is 0 Å². The lowest BCUT2D eigenvalue weighted by Crippen LogP contribution is -1.92. The summed E-state index contributed by atoms with van der Waals surface area (Å²) in [6, 6.07) is 17.7. The van der Waals surface area contributed by atoms with Crippen LogP contribution in [-0.2, 0) is 5.75 Å². The van der Waals surface area contributed by atoms with Crippen molar-refractivity contribution in [2.45, 2.75) is 10.8 Å². The van der Waals surface area contributed by atoms with Crippen LogP contribution >= 0.6 is 23.4 Å². The maximum atomic E-state index is 10.8. The van der Waals surface area contributed by atoms with Gasteiger partial charge in [-0.05, 0) is 29.8 Å². The van der Waals surface area contributed by atoms with E-state index in [1.54, 1.807) is 23.9 Å². The highest BCUT2D eigenvalue weighted by molar-refractivity contribution is 7.98. The Morgan fingerprint density at radius 1 is 1.04 bits per heavy atom. The van der Waals surface area contributed by atoms with Crippen LogP contribution < -0.4 is 0 Å². The smallest absolute Gasteiger partial charge is 0.258 e. The number of nitro groups is 1. The highest BCUT2D eigenvalue weighted by atomic mass is 35.5. The third-order valence-corrected chi connectivity index (χ3v) is 4.54. The molecular formula is C17H12ClN3O2S. The van der Waals surface area contributed by atoms with Crippen LogP contribution in [0.15, 0.2) is 65.7 Å². The molecule has 2 aromatic carbocycles. The second kappa shape index (κ2) is 7.42. The summed E-state index contributed by atoms with van der Waals surface area (Å²) in [5, 5.41) is 20.7. The molecule has 0 unspecified atom stereocenters. The SMILES string of the molecule is O=[N+]([O-])c1cccc(-c2ccc(SCc3ccc(Cl)cc3)nn2)c1. The van der Waals surface area contributed by atoms with Gasteiger partial charge in [-0.1, -0.05) is 47.6 Å². The van der Waals surface area contributed by atoms with Gasteiger partial charge in [0, 0.05) is 28.5 Å². The number of hydrogen-bond acceptors (Lipinski definition) is 5. The van der Waals surface area contributed by atoms with Crippen molar-refractivity contribution in [1.82, 2.24) is 10.2 Å². The molecule has 0 aliphatic heterocycles. The van der Waals surface area contributed by atoms with Gasteiger partial charge < -0.3 is 0 Å². The van der Waals surface area contributed by atoms with E-state index in [0.717, 1.165) is 16.3 Å². The van der Waals surface area contributed by atoms with Gasteiger partial charge in [0.15, 0.2) is 0 Å². The molecule has 7 heteroatoms. The summed E-state index contributed by atoms with van der Waals surface area (Å²) in [4.78, 5) is 10.4. The van der Waals surface area contributed by atoms with Gasteiger partial charge in [0.25, 0.3) is 5.69 Å². The first-order chi connectivity index (χ1) is 11.6. The minimum atomic E-state index is -0.423. The van der Waals surface area contributed by atoms with E-state index in [2.05, 4.69) is 10.2 Å². The van der Waals surface area contributed by atoms with E-state index in [1.807, 2.05) is 36.4 Å². The van der Waals surface area contributed by atoms with Crippen molar-refractivity contribution in [3.8, 4) is 11.3 Å². The molecule has 0 spiro atoms. The molecule has 0 fully saturated rings. The van der Waals surface area contributed by atoms with E-state index >= 15 is 0 Å². The molecule has 0 radical (unpaired) electrons. The summed E-state index contributed by atoms with van der Waals surface area (Å²) in [6.07, 6.45) is 0. The average Bonchev–Trinajstić information content (AvgIpc) is 2.62. The molecule has 24 heavy (non-hydrogen) atoms. The van der Waals surface area contributed by atoms with Gasteiger partial charge in [-0.3, -0.25) is 10.1 Å². The monoisotopic (exact) mass is 357 g/mol. The van der Waals surface area contributed by atoms with Gasteiger partial charge in [0.05, 0.1) is 10.6 Å². The number of rotatable bonds is 5. The third-order valence-electron chi connectivity index (χ3n) is 3.29. The molecule has 0 N–H and O–H groups in total. The minimum Gasteiger partial charge on any atom is -0.258 e. The predicted octanol–water partition coefficient (Wildman–Crippen LogP) is 5.00. The first-order valence-electron chi connectivity index (χ1n) is 7.07. The van der Waals surface area contributed by atoms with Crippen molar-refractivity contribution in [1.29, 1.82) is 0 Å². The molecule has 0 aliphatic rings. The number of non-ortho nitro benzene ring substituents is 1. The fourth-order valence-electron chi connectivity index (χ4n) is 2.07. The van der Waals surface area contributed by atoms with Crippen molar-refractivity contribution < 1.29 is 4.92 Å². The quantitative estimate of drug-likeness (QED) is 0.365. The Hall–Kier alpha value is -2.44.